The Bertz CT molecular complexity index is 828. The van der Waals surface area contributed by atoms with Crippen LogP contribution in [0, 0.1) is 5.92 Å². The van der Waals surface area contributed by atoms with E-state index < -0.39 is 48.5 Å². The van der Waals surface area contributed by atoms with Crippen LogP contribution >= 0.6 is 0 Å². The molecule has 0 aliphatic heterocycles. The molecule has 182 valence electrons. The van der Waals surface area contributed by atoms with Crippen molar-refractivity contribution in [2.75, 3.05) is 13.7 Å². The lowest BCUT2D eigenvalue weighted by Gasteiger charge is -2.21. The van der Waals surface area contributed by atoms with Gasteiger partial charge in [-0.05, 0) is 31.7 Å². The molecule has 0 radical (unpaired) electrons. The number of hydrogen-bond acceptors (Lipinski definition) is 6. The molecular formula is C23H34N4O6. The van der Waals surface area contributed by atoms with E-state index in [9.17, 15) is 24.0 Å². The summed E-state index contributed by atoms with van der Waals surface area (Å²) in [6, 6.07) is 6.56. The average Bonchev–Trinajstić information content (AvgIpc) is 2.76. The molecule has 0 saturated carbocycles. The molecule has 0 aliphatic carbocycles. The zero-order valence-electron chi connectivity index (χ0n) is 19.8. The van der Waals surface area contributed by atoms with Gasteiger partial charge >= 0.3 is 6.09 Å². The van der Waals surface area contributed by atoms with Gasteiger partial charge in [-0.1, -0.05) is 44.2 Å². The van der Waals surface area contributed by atoms with Gasteiger partial charge in [-0.2, -0.15) is 0 Å². The SMILES string of the molecule is COC(=O)N[C@@H](Cc1ccccc1)C(=O)NCC(=O)N[C@@H](C)C(=O)N[C@@H](CC(C)C)C(C)=O. The normalized spacial score (nSPS) is 13.3. The number of methoxy groups -OCH3 is 1. The fourth-order valence-corrected chi connectivity index (χ4v) is 3.00. The van der Waals surface area contributed by atoms with Crippen LogP contribution in [0.1, 0.15) is 39.7 Å². The summed E-state index contributed by atoms with van der Waals surface area (Å²) in [6.45, 7) is 6.37. The fourth-order valence-electron chi connectivity index (χ4n) is 3.00. The van der Waals surface area contributed by atoms with Gasteiger partial charge < -0.3 is 26.0 Å². The Kier molecular flexibility index (Phi) is 11.6. The van der Waals surface area contributed by atoms with E-state index >= 15 is 0 Å². The van der Waals surface area contributed by atoms with Gasteiger partial charge in [0.15, 0.2) is 5.78 Å². The van der Waals surface area contributed by atoms with E-state index in [4.69, 9.17) is 0 Å². The summed E-state index contributed by atoms with van der Waals surface area (Å²) in [5, 5.41) is 10.0. The number of Topliss-reactive ketones (excluding diaryl/α,β-unsaturated/α-hetero) is 1. The minimum Gasteiger partial charge on any atom is -0.453 e. The van der Waals surface area contributed by atoms with Crippen molar-refractivity contribution < 1.29 is 28.7 Å². The highest BCUT2D eigenvalue weighted by Crippen LogP contribution is 2.06. The van der Waals surface area contributed by atoms with E-state index in [-0.39, 0.29) is 18.1 Å². The quantitative estimate of drug-likeness (QED) is 0.360. The third-order valence-corrected chi connectivity index (χ3v) is 4.78. The van der Waals surface area contributed by atoms with Crippen LogP contribution in [0.3, 0.4) is 0 Å². The lowest BCUT2D eigenvalue weighted by atomic mass is 10.0. The maximum Gasteiger partial charge on any atom is 0.407 e. The summed E-state index contributed by atoms with van der Waals surface area (Å²) < 4.78 is 4.57. The highest BCUT2D eigenvalue weighted by molar-refractivity contribution is 5.93. The first-order chi connectivity index (χ1) is 15.5. The first-order valence-corrected chi connectivity index (χ1v) is 10.8. The Morgan fingerprint density at radius 2 is 1.52 bits per heavy atom. The van der Waals surface area contributed by atoms with Crippen molar-refractivity contribution in [1.29, 1.82) is 0 Å². The molecule has 3 atom stereocenters. The molecule has 0 fully saturated rings. The Morgan fingerprint density at radius 3 is 2.06 bits per heavy atom. The lowest BCUT2D eigenvalue weighted by molar-refractivity contribution is -0.131. The van der Waals surface area contributed by atoms with Crippen molar-refractivity contribution in [3.63, 3.8) is 0 Å². The molecular weight excluding hydrogens is 428 g/mol. The Labute approximate surface area is 194 Å². The Hall–Kier alpha value is -3.43. The molecule has 1 rings (SSSR count). The molecule has 1 aromatic carbocycles. The molecule has 0 aromatic heterocycles. The second-order valence-corrected chi connectivity index (χ2v) is 8.19. The number of ether oxygens (including phenoxy) is 1. The topological polar surface area (TPSA) is 143 Å². The number of carbonyl (C=O) groups excluding carboxylic acids is 5. The summed E-state index contributed by atoms with van der Waals surface area (Å²) in [4.78, 5) is 60.5. The molecule has 1 aromatic rings. The van der Waals surface area contributed by atoms with Crippen molar-refractivity contribution in [1.82, 2.24) is 21.3 Å². The van der Waals surface area contributed by atoms with E-state index in [1.165, 1.54) is 21.0 Å². The highest BCUT2D eigenvalue weighted by Gasteiger charge is 2.24. The second-order valence-electron chi connectivity index (χ2n) is 8.19. The third-order valence-electron chi connectivity index (χ3n) is 4.78. The first kappa shape index (κ1) is 27.6. The van der Waals surface area contributed by atoms with E-state index in [1.807, 2.05) is 19.9 Å². The summed E-state index contributed by atoms with van der Waals surface area (Å²) in [5.41, 5.74) is 0.810. The Morgan fingerprint density at radius 1 is 0.879 bits per heavy atom. The van der Waals surface area contributed by atoms with E-state index in [1.54, 1.807) is 24.3 Å². The lowest BCUT2D eigenvalue weighted by Crippen LogP contribution is -2.53. The van der Waals surface area contributed by atoms with Crippen molar-refractivity contribution in [2.24, 2.45) is 5.92 Å². The number of nitrogens with one attached hydrogen (secondary N) is 4. The number of alkyl carbamates (subject to hydrolysis) is 1. The number of benzene rings is 1. The van der Waals surface area contributed by atoms with Crippen LogP contribution in [0.5, 0.6) is 0 Å². The molecule has 10 heteroatoms. The van der Waals surface area contributed by atoms with Crippen LogP contribution in [0.4, 0.5) is 4.79 Å². The van der Waals surface area contributed by atoms with Crippen LogP contribution < -0.4 is 21.3 Å². The maximum atomic E-state index is 12.6. The molecule has 0 aliphatic rings. The molecule has 10 nitrogen and oxygen atoms in total. The summed E-state index contributed by atoms with van der Waals surface area (Å²) in [5.74, 6) is -1.62. The monoisotopic (exact) mass is 462 g/mol. The van der Waals surface area contributed by atoms with Gasteiger partial charge in [0.05, 0.1) is 19.7 Å². The van der Waals surface area contributed by atoms with Gasteiger partial charge in [-0.3, -0.25) is 19.2 Å². The second kappa shape index (κ2) is 13.9. The van der Waals surface area contributed by atoms with Gasteiger partial charge in [-0.15, -0.1) is 0 Å². The van der Waals surface area contributed by atoms with E-state index in [2.05, 4.69) is 26.0 Å². The van der Waals surface area contributed by atoms with Gasteiger partial charge in [0.1, 0.15) is 12.1 Å². The molecule has 4 N–H and O–H groups in total. The predicted molar refractivity (Wildman–Crippen MR) is 122 cm³/mol. The number of ketones is 1. The zero-order valence-corrected chi connectivity index (χ0v) is 19.8. The maximum absolute atomic E-state index is 12.6. The highest BCUT2D eigenvalue weighted by atomic mass is 16.5. The zero-order chi connectivity index (χ0) is 25.0. The first-order valence-electron chi connectivity index (χ1n) is 10.8. The number of rotatable bonds is 12. The van der Waals surface area contributed by atoms with Crippen molar-refractivity contribution in [2.45, 2.75) is 58.7 Å². The van der Waals surface area contributed by atoms with Gasteiger partial charge in [0.25, 0.3) is 0 Å². The average molecular weight is 463 g/mol. The minimum absolute atomic E-state index is 0.162. The number of carbonyl (C=O) groups is 5. The fraction of sp³-hybridized carbons (Fsp3) is 0.522. The van der Waals surface area contributed by atoms with E-state index in [0.29, 0.717) is 6.42 Å². The van der Waals surface area contributed by atoms with Gasteiger partial charge in [0.2, 0.25) is 17.7 Å². The molecule has 33 heavy (non-hydrogen) atoms. The number of hydrogen-bond donors (Lipinski definition) is 4. The van der Waals surface area contributed by atoms with Crippen molar-refractivity contribution in [3.05, 3.63) is 35.9 Å². The van der Waals surface area contributed by atoms with E-state index in [0.717, 1.165) is 5.56 Å². The molecule has 0 spiro atoms. The summed E-state index contributed by atoms with van der Waals surface area (Å²) in [7, 11) is 1.19. The van der Waals surface area contributed by atoms with Crippen LogP contribution in [0.15, 0.2) is 30.3 Å². The largest absolute Gasteiger partial charge is 0.453 e. The molecule has 0 bridgehead atoms. The van der Waals surface area contributed by atoms with Crippen molar-refractivity contribution >= 4 is 29.6 Å². The van der Waals surface area contributed by atoms with Crippen molar-refractivity contribution in [3.8, 4) is 0 Å². The summed E-state index contributed by atoms with van der Waals surface area (Å²) >= 11 is 0. The standard InChI is InChI=1S/C23H34N4O6/c1-14(2)11-18(16(4)28)26-21(30)15(3)25-20(29)13-24-22(31)19(27-23(32)33-5)12-17-9-7-6-8-10-17/h6-10,14-15,18-19H,11-13H2,1-5H3,(H,24,31)(H,25,29)(H,26,30)(H,27,32)/t15-,18-,19-/m0/s1. The Balaban J connectivity index is 2.62. The summed E-state index contributed by atoms with van der Waals surface area (Å²) in [6.07, 6.45) is -0.0830. The third kappa shape index (κ3) is 10.6. The molecule has 4 amide bonds. The molecule has 0 heterocycles. The van der Waals surface area contributed by atoms with Gasteiger partial charge in [0, 0.05) is 6.42 Å². The van der Waals surface area contributed by atoms with Crippen LogP contribution in [0.25, 0.3) is 0 Å². The van der Waals surface area contributed by atoms with Crippen LogP contribution in [-0.2, 0) is 30.3 Å². The predicted octanol–water partition coefficient (Wildman–Crippen LogP) is 0.695. The molecule has 0 saturated heterocycles. The number of amides is 4. The minimum atomic E-state index is -0.958. The van der Waals surface area contributed by atoms with Crippen LogP contribution in [0.2, 0.25) is 0 Å². The van der Waals surface area contributed by atoms with Crippen LogP contribution in [-0.4, -0.2) is 61.4 Å². The smallest absolute Gasteiger partial charge is 0.407 e. The van der Waals surface area contributed by atoms with Gasteiger partial charge in [-0.25, -0.2) is 4.79 Å². The molecule has 0 unspecified atom stereocenters.